The minimum atomic E-state index is -5.08. The molecule has 10 amide bonds. The van der Waals surface area contributed by atoms with Gasteiger partial charge in [-0.15, -0.1) is 0 Å². The normalized spacial score (nSPS) is 13.9. The Morgan fingerprint density at radius 2 is 1.31 bits per heavy atom. The molecule has 0 saturated carbocycles. The SMILES string of the molecule is CC(NC(=O)Cc1ccncc1)C(=O)NC(C)C(=O)NC(CC(N)=O)C(=O)NC(CCN(C(=O)CO)C(c1cc(-c2cc(F)ccc2F)cn1Cc1ccccc1)C(C)(C)C)C(=O)NCCNC(=O)CN1C(=O)C=CC1=O.O=C(O)C(F)(F)F. The zero-order valence-corrected chi connectivity index (χ0v) is 46.1. The van der Waals surface area contributed by atoms with Crippen molar-refractivity contribution >= 4 is 65.0 Å². The van der Waals surface area contributed by atoms with E-state index in [1.165, 1.54) is 31.1 Å². The molecule has 0 aliphatic carbocycles. The maximum atomic E-state index is 15.4. The van der Waals surface area contributed by atoms with Crippen molar-refractivity contribution in [3.8, 4) is 11.1 Å². The van der Waals surface area contributed by atoms with E-state index in [1.54, 1.807) is 49.7 Å². The van der Waals surface area contributed by atoms with Crippen molar-refractivity contribution in [3.63, 3.8) is 0 Å². The molecular formula is C55H64F5N11O13. The molecule has 2 aromatic carbocycles. The number of carbonyl (C=O) groups excluding carboxylic acids is 10. The Balaban J connectivity index is 0.00000203. The van der Waals surface area contributed by atoms with Crippen LogP contribution in [-0.4, -0.2) is 158 Å². The summed E-state index contributed by atoms with van der Waals surface area (Å²) < 4.78 is 63.5. The predicted octanol–water partition coefficient (Wildman–Crippen LogP) is 1.06. The Bertz CT molecular complexity index is 3060. The lowest BCUT2D eigenvalue weighted by Gasteiger charge is -2.41. The van der Waals surface area contributed by atoms with Gasteiger partial charge in [-0.25, -0.2) is 13.6 Å². The van der Waals surface area contributed by atoms with Crippen LogP contribution in [0.2, 0.25) is 0 Å². The van der Waals surface area contributed by atoms with Crippen molar-refractivity contribution in [3.05, 3.63) is 126 Å². The second-order valence-corrected chi connectivity index (χ2v) is 20.1. The van der Waals surface area contributed by atoms with Crippen molar-refractivity contribution in [2.45, 2.75) is 96.8 Å². The number of benzene rings is 2. The highest BCUT2D eigenvalue weighted by Crippen LogP contribution is 2.41. The number of carboxylic acid groups (broad SMARTS) is 1. The maximum Gasteiger partial charge on any atom is 0.490 e. The number of pyridine rings is 1. The van der Waals surface area contributed by atoms with Crippen LogP contribution in [0.4, 0.5) is 22.0 Å². The van der Waals surface area contributed by atoms with Gasteiger partial charge in [-0.2, -0.15) is 13.2 Å². The number of alkyl halides is 3. The van der Waals surface area contributed by atoms with Crippen LogP contribution in [0.1, 0.15) is 70.3 Å². The first kappa shape index (κ1) is 67.1. The molecule has 0 radical (unpaired) electrons. The van der Waals surface area contributed by atoms with Gasteiger partial charge in [0.05, 0.1) is 18.9 Å². The molecule has 0 bridgehead atoms. The van der Waals surface area contributed by atoms with E-state index in [0.717, 1.165) is 35.9 Å². The third kappa shape index (κ3) is 20.5. The number of aliphatic carboxylic acids is 1. The van der Waals surface area contributed by atoms with Gasteiger partial charge in [-0.1, -0.05) is 51.1 Å². The largest absolute Gasteiger partial charge is 0.490 e. The highest BCUT2D eigenvalue weighted by molar-refractivity contribution is 6.14. The van der Waals surface area contributed by atoms with Crippen molar-refractivity contribution in [1.82, 2.24) is 51.3 Å². The van der Waals surface area contributed by atoms with Gasteiger partial charge in [0.2, 0.25) is 47.3 Å². The lowest BCUT2D eigenvalue weighted by Crippen LogP contribution is -2.58. The van der Waals surface area contributed by atoms with Crippen LogP contribution < -0.4 is 37.6 Å². The number of imide groups is 1. The summed E-state index contributed by atoms with van der Waals surface area (Å²) in [5.74, 6) is -12.4. The summed E-state index contributed by atoms with van der Waals surface area (Å²) in [6, 6.07) is 10.2. The fraction of sp³-hybridized carbons (Fsp3) is 0.382. The van der Waals surface area contributed by atoms with Gasteiger partial charge < -0.3 is 57.3 Å². The minimum absolute atomic E-state index is 0.0595. The fourth-order valence-electron chi connectivity index (χ4n) is 8.36. The van der Waals surface area contributed by atoms with Crippen molar-refractivity contribution < 1.29 is 84.9 Å². The number of rotatable bonds is 26. The Kier molecular flexibility index (Phi) is 24.4. The van der Waals surface area contributed by atoms with Crippen LogP contribution in [0.25, 0.3) is 11.1 Å². The molecule has 5 rings (SSSR count). The quantitative estimate of drug-likeness (QED) is 0.0241. The number of nitrogens with two attached hydrogens (primary N) is 1. The zero-order chi connectivity index (χ0) is 62.6. The van der Waals surface area contributed by atoms with E-state index in [1.807, 2.05) is 30.3 Å². The van der Waals surface area contributed by atoms with E-state index in [2.05, 4.69) is 36.9 Å². The Labute approximate surface area is 477 Å². The van der Waals surface area contributed by atoms with Crippen molar-refractivity contribution in [2.24, 2.45) is 11.1 Å². The zero-order valence-electron chi connectivity index (χ0n) is 46.1. The van der Waals surface area contributed by atoms with Crippen molar-refractivity contribution in [1.29, 1.82) is 0 Å². The number of nitrogens with zero attached hydrogens (tertiary/aromatic N) is 4. The summed E-state index contributed by atoms with van der Waals surface area (Å²) in [5.41, 5.74) is 6.66. The summed E-state index contributed by atoms with van der Waals surface area (Å²) >= 11 is 0. The molecular weight excluding hydrogens is 1120 g/mol. The first-order chi connectivity index (χ1) is 39.4. The van der Waals surface area contributed by atoms with Crippen LogP contribution in [-0.2, 0) is 65.7 Å². The summed E-state index contributed by atoms with van der Waals surface area (Å²) in [6.07, 6.45) is 0.272. The molecule has 452 valence electrons. The average molecular weight is 1180 g/mol. The number of hydrogen-bond donors (Lipinski definition) is 9. The molecule has 5 atom stereocenters. The van der Waals surface area contributed by atoms with E-state index >= 15 is 4.39 Å². The Morgan fingerprint density at radius 1 is 0.726 bits per heavy atom. The minimum Gasteiger partial charge on any atom is -0.475 e. The monoisotopic (exact) mass is 1180 g/mol. The third-order valence-electron chi connectivity index (χ3n) is 12.4. The number of aromatic nitrogens is 2. The van der Waals surface area contributed by atoms with Crippen molar-refractivity contribution in [2.75, 3.05) is 32.8 Å². The second-order valence-electron chi connectivity index (χ2n) is 20.1. The van der Waals surface area contributed by atoms with Crippen LogP contribution >= 0.6 is 0 Å². The number of nitrogens with one attached hydrogen (secondary N) is 6. The lowest BCUT2D eigenvalue weighted by atomic mass is 9.82. The molecule has 4 aromatic rings. The fourth-order valence-corrected chi connectivity index (χ4v) is 8.36. The molecule has 2 aromatic heterocycles. The number of halogens is 5. The number of carbonyl (C=O) groups is 11. The number of amides is 10. The molecule has 84 heavy (non-hydrogen) atoms. The van der Waals surface area contributed by atoms with Crippen LogP contribution in [0.15, 0.2) is 97.5 Å². The molecule has 24 nitrogen and oxygen atoms in total. The topological polar surface area (TPSA) is 351 Å². The van der Waals surface area contributed by atoms with Gasteiger partial charge in [0.25, 0.3) is 11.8 Å². The van der Waals surface area contributed by atoms with Gasteiger partial charge >= 0.3 is 12.1 Å². The standard InChI is InChI=1S/C53H63F2N11O11.C2HF3O2/c1-31(60-43(69)23-33-15-18-57-19-16-33)49(74)61-32(2)50(75)63-40(26-42(56)68)52(77)62-39(51(76)59-21-20-58-44(70)29-66-45(71)13-14-46(66)72)17-22-65(47(73)30-67)48(53(3,4)5)41-24-35(37-25-36(54)11-12-38(37)55)28-64(41)27-34-9-7-6-8-10-34;3-2(4,5)1(6)7/h6-16,18-19,24-25,28,31-32,39-40,48,67H,17,20-23,26-27,29-30H2,1-5H3,(H2,56,68)(H,58,70)(H,59,76)(H,60,69)(H,61,74)(H,62,77)(H,63,75);(H,6,7). The molecule has 3 heterocycles. The summed E-state index contributed by atoms with van der Waals surface area (Å²) in [7, 11) is 0. The average Bonchev–Trinajstić information content (AvgIpc) is 4.21. The smallest absolute Gasteiger partial charge is 0.475 e. The maximum absolute atomic E-state index is 15.4. The first-order valence-electron chi connectivity index (χ1n) is 25.8. The molecule has 5 unspecified atom stereocenters. The van der Waals surface area contributed by atoms with E-state index in [9.17, 15) is 70.6 Å². The number of carboxylic acids is 1. The summed E-state index contributed by atoms with van der Waals surface area (Å²) in [6.45, 7) is 5.71. The van der Waals surface area contributed by atoms with Crippen LogP contribution in [0.5, 0.6) is 0 Å². The van der Waals surface area contributed by atoms with Gasteiger partial charge in [0, 0.05) is 73.7 Å². The van der Waals surface area contributed by atoms with Gasteiger partial charge in [-0.05, 0) is 73.2 Å². The highest BCUT2D eigenvalue weighted by atomic mass is 19.4. The van der Waals surface area contributed by atoms with Gasteiger partial charge in [-0.3, -0.25) is 57.8 Å². The Morgan fingerprint density at radius 3 is 1.89 bits per heavy atom. The number of aliphatic hydroxyl groups is 1. The predicted molar refractivity (Wildman–Crippen MR) is 287 cm³/mol. The number of hydrogen-bond acceptors (Lipinski definition) is 13. The van der Waals surface area contributed by atoms with Gasteiger partial charge in [0.15, 0.2) is 0 Å². The summed E-state index contributed by atoms with van der Waals surface area (Å²) in [4.78, 5) is 145. The number of aliphatic hydroxyl groups excluding tert-OH is 1. The summed E-state index contributed by atoms with van der Waals surface area (Å²) in [5, 5.41) is 32.5. The van der Waals surface area contributed by atoms with E-state index in [0.29, 0.717) is 16.2 Å². The third-order valence-corrected chi connectivity index (χ3v) is 12.4. The molecule has 1 aliphatic heterocycles. The number of primary amides is 1. The van der Waals surface area contributed by atoms with Crippen LogP contribution in [0, 0.1) is 17.0 Å². The molecule has 29 heteroatoms. The lowest BCUT2D eigenvalue weighted by molar-refractivity contribution is -0.192. The molecule has 0 spiro atoms. The molecule has 10 N–H and O–H groups in total. The molecule has 0 saturated heterocycles. The van der Waals surface area contributed by atoms with E-state index in [-0.39, 0.29) is 43.7 Å². The first-order valence-corrected chi connectivity index (χ1v) is 25.8. The van der Waals surface area contributed by atoms with E-state index in [4.69, 9.17) is 15.6 Å². The highest BCUT2D eigenvalue weighted by Gasteiger charge is 2.40. The second kappa shape index (κ2) is 30.6. The molecule has 0 fully saturated rings. The molecule has 1 aliphatic rings. The Hall–Kier alpha value is -9.41. The van der Waals surface area contributed by atoms with Gasteiger partial charge in [0.1, 0.15) is 49.0 Å². The van der Waals surface area contributed by atoms with E-state index < -0.39 is 144 Å². The van der Waals surface area contributed by atoms with Crippen LogP contribution in [0.3, 0.4) is 0 Å².